The summed E-state index contributed by atoms with van der Waals surface area (Å²) in [6.45, 7) is 4.14. The van der Waals surface area contributed by atoms with Crippen LogP contribution in [0.25, 0.3) is 11.3 Å². The van der Waals surface area contributed by atoms with E-state index < -0.39 is 0 Å². The van der Waals surface area contributed by atoms with Crippen LogP contribution >= 0.6 is 11.3 Å². The van der Waals surface area contributed by atoms with E-state index in [1.165, 1.54) is 18.3 Å². The summed E-state index contributed by atoms with van der Waals surface area (Å²) < 4.78 is 0. The number of aromatic nitrogens is 1. The van der Waals surface area contributed by atoms with Crippen LogP contribution in [0.1, 0.15) is 45.1 Å². The van der Waals surface area contributed by atoms with Gasteiger partial charge in [-0.1, -0.05) is 44.0 Å². The fourth-order valence-corrected chi connectivity index (χ4v) is 2.94. The van der Waals surface area contributed by atoms with Crippen molar-refractivity contribution in [1.29, 1.82) is 0 Å². The Morgan fingerprint density at radius 2 is 1.92 bits per heavy atom. The number of thiazole rings is 1. The first kappa shape index (κ1) is 18.1. The highest BCUT2D eigenvalue weighted by molar-refractivity contribution is 7.14. The molecule has 2 aromatic rings. The molecule has 0 unspecified atom stereocenters. The maximum absolute atomic E-state index is 11.8. The number of rotatable bonds is 8. The zero-order valence-electron chi connectivity index (χ0n) is 14.1. The van der Waals surface area contributed by atoms with Gasteiger partial charge in [0.05, 0.1) is 5.69 Å². The average molecular weight is 345 g/mol. The van der Waals surface area contributed by atoms with Crippen LogP contribution in [0.5, 0.6) is 0 Å². The lowest BCUT2D eigenvalue weighted by Gasteiger charge is -2.03. The molecule has 0 aliphatic heterocycles. The number of nitrogens with one attached hydrogen (secondary N) is 2. The summed E-state index contributed by atoms with van der Waals surface area (Å²) in [6, 6.07) is 7.87. The van der Waals surface area contributed by atoms with Gasteiger partial charge in [0.15, 0.2) is 5.13 Å². The minimum absolute atomic E-state index is 0.0232. The standard InChI is InChI=1S/C18H23N3O2S/c1-3-4-5-6-17(23)21-18-20-16(12-24-18)15-9-7-14(8-10-15)11-19-13(2)22/h7-10,12H,3-6,11H2,1-2H3,(H,19,22)(H,20,21,23). The van der Waals surface area contributed by atoms with E-state index in [2.05, 4.69) is 22.5 Å². The van der Waals surface area contributed by atoms with E-state index in [1.54, 1.807) is 0 Å². The van der Waals surface area contributed by atoms with Crippen LogP contribution in [0.15, 0.2) is 29.6 Å². The monoisotopic (exact) mass is 345 g/mol. The highest BCUT2D eigenvalue weighted by Crippen LogP contribution is 2.25. The predicted octanol–water partition coefficient (Wildman–Crippen LogP) is 3.97. The Kier molecular flexibility index (Phi) is 6.93. The molecular weight excluding hydrogens is 322 g/mol. The summed E-state index contributed by atoms with van der Waals surface area (Å²) in [5.41, 5.74) is 2.87. The number of carbonyl (C=O) groups excluding carboxylic acids is 2. The molecule has 2 N–H and O–H groups in total. The highest BCUT2D eigenvalue weighted by atomic mass is 32.1. The summed E-state index contributed by atoms with van der Waals surface area (Å²) >= 11 is 1.43. The predicted molar refractivity (Wildman–Crippen MR) is 97.8 cm³/mol. The largest absolute Gasteiger partial charge is 0.352 e. The van der Waals surface area contributed by atoms with E-state index in [-0.39, 0.29) is 11.8 Å². The second kappa shape index (κ2) is 9.17. The zero-order valence-corrected chi connectivity index (χ0v) is 14.9. The first-order valence-corrected chi connectivity index (χ1v) is 9.05. The third-order valence-electron chi connectivity index (χ3n) is 3.55. The molecule has 128 valence electrons. The molecule has 0 atom stereocenters. The van der Waals surface area contributed by atoms with Gasteiger partial charge in [-0.15, -0.1) is 11.3 Å². The van der Waals surface area contributed by atoms with Crippen LogP contribution in [0.3, 0.4) is 0 Å². The van der Waals surface area contributed by atoms with Gasteiger partial charge in [-0.2, -0.15) is 0 Å². The number of carbonyl (C=O) groups is 2. The van der Waals surface area contributed by atoms with Crippen molar-refractivity contribution in [2.45, 2.75) is 46.1 Å². The third-order valence-corrected chi connectivity index (χ3v) is 4.31. The Balaban J connectivity index is 1.92. The van der Waals surface area contributed by atoms with Crippen molar-refractivity contribution < 1.29 is 9.59 Å². The van der Waals surface area contributed by atoms with E-state index in [9.17, 15) is 9.59 Å². The van der Waals surface area contributed by atoms with Crippen molar-refractivity contribution in [3.05, 3.63) is 35.2 Å². The molecule has 24 heavy (non-hydrogen) atoms. The van der Waals surface area contributed by atoms with E-state index in [0.29, 0.717) is 18.1 Å². The molecule has 0 fully saturated rings. The Bertz CT molecular complexity index is 680. The first-order valence-electron chi connectivity index (χ1n) is 8.17. The maximum Gasteiger partial charge on any atom is 0.226 e. The SMILES string of the molecule is CCCCCC(=O)Nc1nc(-c2ccc(CNC(C)=O)cc2)cs1. The molecule has 5 nitrogen and oxygen atoms in total. The van der Waals surface area contributed by atoms with Crippen LogP contribution in [-0.2, 0) is 16.1 Å². The fourth-order valence-electron chi connectivity index (χ4n) is 2.20. The summed E-state index contributed by atoms with van der Waals surface area (Å²) in [6.07, 6.45) is 3.63. The highest BCUT2D eigenvalue weighted by Gasteiger charge is 2.08. The normalized spacial score (nSPS) is 10.4. The third kappa shape index (κ3) is 5.77. The lowest BCUT2D eigenvalue weighted by molar-refractivity contribution is -0.119. The van der Waals surface area contributed by atoms with Crippen molar-refractivity contribution in [2.75, 3.05) is 5.32 Å². The number of unbranched alkanes of at least 4 members (excludes halogenated alkanes) is 2. The van der Waals surface area contributed by atoms with E-state index in [4.69, 9.17) is 0 Å². The zero-order chi connectivity index (χ0) is 17.4. The molecule has 1 aromatic carbocycles. The summed E-state index contributed by atoms with van der Waals surface area (Å²) in [5, 5.41) is 8.19. The molecule has 0 spiro atoms. The second-order valence-electron chi connectivity index (χ2n) is 5.65. The lowest BCUT2D eigenvalue weighted by Crippen LogP contribution is -2.18. The van der Waals surface area contributed by atoms with Gasteiger partial charge in [0.2, 0.25) is 11.8 Å². The molecule has 0 saturated heterocycles. The number of anilines is 1. The Morgan fingerprint density at radius 3 is 2.58 bits per heavy atom. The molecule has 0 saturated carbocycles. The van der Waals surface area contributed by atoms with E-state index in [0.717, 1.165) is 36.1 Å². The van der Waals surface area contributed by atoms with Gasteiger partial charge in [-0.25, -0.2) is 4.98 Å². The van der Waals surface area contributed by atoms with Crippen molar-refractivity contribution in [1.82, 2.24) is 10.3 Å². The number of benzene rings is 1. The molecule has 0 aliphatic carbocycles. The quantitative estimate of drug-likeness (QED) is 0.711. The summed E-state index contributed by atoms with van der Waals surface area (Å²) in [7, 11) is 0. The number of amides is 2. The molecule has 6 heteroatoms. The van der Waals surface area contributed by atoms with E-state index in [1.807, 2.05) is 29.6 Å². The topological polar surface area (TPSA) is 71.1 Å². The van der Waals surface area contributed by atoms with Crippen LogP contribution in [0, 0.1) is 0 Å². The van der Waals surface area contributed by atoms with Gasteiger partial charge in [-0.3, -0.25) is 9.59 Å². The average Bonchev–Trinajstić information content (AvgIpc) is 3.02. The summed E-state index contributed by atoms with van der Waals surface area (Å²) in [5.74, 6) is -0.0205. The Labute approximate surface area is 146 Å². The van der Waals surface area contributed by atoms with Gasteiger partial charge in [0.1, 0.15) is 0 Å². The van der Waals surface area contributed by atoms with Crippen molar-refractivity contribution in [3.63, 3.8) is 0 Å². The number of nitrogens with zero attached hydrogens (tertiary/aromatic N) is 1. The molecule has 0 radical (unpaired) electrons. The lowest BCUT2D eigenvalue weighted by atomic mass is 10.1. The van der Waals surface area contributed by atoms with Crippen molar-refractivity contribution in [2.24, 2.45) is 0 Å². The van der Waals surface area contributed by atoms with Crippen LogP contribution in [0.2, 0.25) is 0 Å². The van der Waals surface area contributed by atoms with Gasteiger partial charge < -0.3 is 10.6 Å². The van der Waals surface area contributed by atoms with Gasteiger partial charge in [0, 0.05) is 30.8 Å². The van der Waals surface area contributed by atoms with Crippen LogP contribution < -0.4 is 10.6 Å². The van der Waals surface area contributed by atoms with E-state index >= 15 is 0 Å². The van der Waals surface area contributed by atoms with Crippen LogP contribution in [-0.4, -0.2) is 16.8 Å². The minimum atomic E-state index is -0.0436. The number of hydrogen-bond donors (Lipinski definition) is 2. The molecule has 0 bridgehead atoms. The molecule has 2 rings (SSSR count). The molecular formula is C18H23N3O2S. The second-order valence-corrected chi connectivity index (χ2v) is 6.51. The molecule has 1 aromatic heterocycles. The number of hydrogen-bond acceptors (Lipinski definition) is 4. The Hall–Kier alpha value is -2.21. The van der Waals surface area contributed by atoms with Crippen molar-refractivity contribution in [3.8, 4) is 11.3 Å². The van der Waals surface area contributed by atoms with Crippen molar-refractivity contribution >= 4 is 28.3 Å². The van der Waals surface area contributed by atoms with Crippen LogP contribution in [0.4, 0.5) is 5.13 Å². The molecule has 2 amide bonds. The molecule has 1 heterocycles. The molecule has 0 aliphatic rings. The smallest absolute Gasteiger partial charge is 0.226 e. The van der Waals surface area contributed by atoms with Gasteiger partial charge >= 0.3 is 0 Å². The van der Waals surface area contributed by atoms with Gasteiger partial charge in [0.25, 0.3) is 0 Å². The fraction of sp³-hybridized carbons (Fsp3) is 0.389. The summed E-state index contributed by atoms with van der Waals surface area (Å²) in [4.78, 5) is 27.2. The van der Waals surface area contributed by atoms with Gasteiger partial charge in [-0.05, 0) is 12.0 Å². The Morgan fingerprint density at radius 1 is 1.17 bits per heavy atom. The maximum atomic E-state index is 11.8. The first-order chi connectivity index (χ1) is 11.6. The minimum Gasteiger partial charge on any atom is -0.352 e.